The van der Waals surface area contributed by atoms with Crippen molar-refractivity contribution in [2.75, 3.05) is 6.54 Å². The molecule has 1 atom stereocenters. The predicted octanol–water partition coefficient (Wildman–Crippen LogP) is 4.62. The predicted molar refractivity (Wildman–Crippen MR) is 74.8 cm³/mol. The van der Waals surface area contributed by atoms with Gasteiger partial charge in [-0.05, 0) is 37.1 Å². The minimum Gasteiger partial charge on any atom is -0.314 e. The Morgan fingerprint density at radius 3 is 1.94 bits per heavy atom. The molecule has 0 radical (unpaired) electrons. The monoisotopic (exact) mass is 227 g/mol. The molecule has 0 saturated heterocycles. The zero-order chi connectivity index (χ0) is 12.6. The zero-order valence-electron chi connectivity index (χ0n) is 12.4. The molecule has 1 heteroatoms. The number of hydrogen-bond acceptors (Lipinski definition) is 1. The lowest BCUT2D eigenvalue weighted by molar-refractivity contribution is 0.266. The first kappa shape index (κ1) is 16.0. The Labute approximate surface area is 103 Å². The highest BCUT2D eigenvalue weighted by molar-refractivity contribution is 4.77. The van der Waals surface area contributed by atoms with Crippen LogP contribution in [0.5, 0.6) is 0 Å². The first-order chi connectivity index (χ1) is 7.42. The van der Waals surface area contributed by atoms with E-state index in [1.165, 1.54) is 38.6 Å². The van der Waals surface area contributed by atoms with Gasteiger partial charge in [-0.25, -0.2) is 0 Å². The van der Waals surface area contributed by atoms with Gasteiger partial charge in [0.1, 0.15) is 0 Å². The molecular formula is C15H33N. The van der Waals surface area contributed by atoms with E-state index in [0.717, 1.165) is 5.92 Å². The van der Waals surface area contributed by atoms with Gasteiger partial charge in [-0.3, -0.25) is 0 Å². The van der Waals surface area contributed by atoms with E-state index in [4.69, 9.17) is 0 Å². The lowest BCUT2D eigenvalue weighted by Gasteiger charge is -2.29. The van der Waals surface area contributed by atoms with Crippen molar-refractivity contribution in [2.45, 2.75) is 79.7 Å². The molecule has 16 heavy (non-hydrogen) atoms. The SMILES string of the molecule is CCCNC(CC(CC)CC)CC(C)(C)C. The zero-order valence-corrected chi connectivity index (χ0v) is 12.4. The van der Waals surface area contributed by atoms with E-state index in [1.807, 2.05) is 0 Å². The molecule has 0 spiro atoms. The van der Waals surface area contributed by atoms with Gasteiger partial charge in [-0.2, -0.15) is 0 Å². The molecule has 98 valence electrons. The van der Waals surface area contributed by atoms with Crippen LogP contribution < -0.4 is 5.32 Å². The first-order valence-corrected chi connectivity index (χ1v) is 7.16. The Kier molecular flexibility index (Phi) is 8.09. The molecule has 1 N–H and O–H groups in total. The summed E-state index contributed by atoms with van der Waals surface area (Å²) in [5, 5.41) is 3.73. The molecule has 0 aliphatic rings. The fourth-order valence-electron chi connectivity index (χ4n) is 2.35. The third kappa shape index (κ3) is 8.15. The summed E-state index contributed by atoms with van der Waals surface area (Å²) >= 11 is 0. The normalized spacial score (nSPS) is 14.4. The van der Waals surface area contributed by atoms with Gasteiger partial charge in [0, 0.05) is 6.04 Å². The van der Waals surface area contributed by atoms with Crippen molar-refractivity contribution >= 4 is 0 Å². The van der Waals surface area contributed by atoms with Gasteiger partial charge in [-0.1, -0.05) is 54.4 Å². The highest BCUT2D eigenvalue weighted by Crippen LogP contribution is 2.25. The molecule has 0 aromatic carbocycles. The van der Waals surface area contributed by atoms with Gasteiger partial charge in [-0.15, -0.1) is 0 Å². The summed E-state index contributed by atoms with van der Waals surface area (Å²) in [4.78, 5) is 0. The molecule has 1 nitrogen and oxygen atoms in total. The minimum atomic E-state index is 0.442. The van der Waals surface area contributed by atoms with Crippen LogP contribution in [0, 0.1) is 11.3 Å². The maximum absolute atomic E-state index is 3.73. The third-order valence-corrected chi connectivity index (χ3v) is 3.31. The van der Waals surface area contributed by atoms with E-state index < -0.39 is 0 Å². The standard InChI is InChI=1S/C15H33N/c1-7-10-16-14(12-15(4,5)6)11-13(8-2)9-3/h13-14,16H,7-12H2,1-6H3. The lowest BCUT2D eigenvalue weighted by Crippen LogP contribution is -2.35. The van der Waals surface area contributed by atoms with Crippen molar-refractivity contribution in [1.82, 2.24) is 5.32 Å². The average Bonchev–Trinajstić information content (AvgIpc) is 2.20. The van der Waals surface area contributed by atoms with Crippen LogP contribution >= 0.6 is 0 Å². The van der Waals surface area contributed by atoms with Gasteiger partial charge in [0.05, 0.1) is 0 Å². The summed E-state index contributed by atoms with van der Waals surface area (Å²) in [7, 11) is 0. The van der Waals surface area contributed by atoms with Gasteiger partial charge in [0.15, 0.2) is 0 Å². The molecule has 1 unspecified atom stereocenters. The summed E-state index contributed by atoms with van der Waals surface area (Å²) in [6.45, 7) is 15.1. The summed E-state index contributed by atoms with van der Waals surface area (Å²) < 4.78 is 0. The van der Waals surface area contributed by atoms with E-state index in [-0.39, 0.29) is 0 Å². The highest BCUT2D eigenvalue weighted by Gasteiger charge is 2.20. The fourth-order valence-corrected chi connectivity index (χ4v) is 2.35. The molecule has 0 bridgehead atoms. The number of rotatable bonds is 8. The van der Waals surface area contributed by atoms with Gasteiger partial charge < -0.3 is 5.32 Å². The van der Waals surface area contributed by atoms with Crippen molar-refractivity contribution < 1.29 is 0 Å². The van der Waals surface area contributed by atoms with Crippen LogP contribution in [0.25, 0.3) is 0 Å². The molecule has 0 aromatic heterocycles. The second-order valence-electron chi connectivity index (χ2n) is 6.33. The van der Waals surface area contributed by atoms with Crippen LogP contribution in [0.4, 0.5) is 0 Å². The van der Waals surface area contributed by atoms with E-state index in [1.54, 1.807) is 0 Å². The topological polar surface area (TPSA) is 12.0 Å². The Morgan fingerprint density at radius 2 is 1.56 bits per heavy atom. The van der Waals surface area contributed by atoms with Crippen LogP contribution in [0.3, 0.4) is 0 Å². The van der Waals surface area contributed by atoms with Crippen molar-refractivity contribution in [1.29, 1.82) is 0 Å². The van der Waals surface area contributed by atoms with Crippen molar-refractivity contribution in [2.24, 2.45) is 11.3 Å². The molecular weight excluding hydrogens is 194 g/mol. The van der Waals surface area contributed by atoms with Gasteiger partial charge in [0.25, 0.3) is 0 Å². The van der Waals surface area contributed by atoms with Gasteiger partial charge >= 0.3 is 0 Å². The second-order valence-corrected chi connectivity index (χ2v) is 6.33. The Bertz CT molecular complexity index is 153. The largest absolute Gasteiger partial charge is 0.314 e. The van der Waals surface area contributed by atoms with Crippen LogP contribution in [-0.2, 0) is 0 Å². The first-order valence-electron chi connectivity index (χ1n) is 7.16. The molecule has 0 aliphatic heterocycles. The molecule has 0 fully saturated rings. The molecule has 0 saturated carbocycles. The highest BCUT2D eigenvalue weighted by atomic mass is 14.9. The Hall–Kier alpha value is -0.0400. The number of nitrogens with one attached hydrogen (secondary N) is 1. The Morgan fingerprint density at radius 1 is 1.00 bits per heavy atom. The lowest BCUT2D eigenvalue weighted by atomic mass is 9.83. The van der Waals surface area contributed by atoms with E-state index in [9.17, 15) is 0 Å². The maximum atomic E-state index is 3.73. The minimum absolute atomic E-state index is 0.442. The van der Waals surface area contributed by atoms with Crippen molar-refractivity contribution in [3.05, 3.63) is 0 Å². The summed E-state index contributed by atoms with van der Waals surface area (Å²) in [6.07, 6.45) is 6.53. The molecule has 0 rings (SSSR count). The van der Waals surface area contributed by atoms with E-state index >= 15 is 0 Å². The Balaban J connectivity index is 4.18. The summed E-state index contributed by atoms with van der Waals surface area (Å²) in [5.74, 6) is 0.900. The molecule has 0 heterocycles. The molecule has 0 aliphatic carbocycles. The third-order valence-electron chi connectivity index (χ3n) is 3.31. The van der Waals surface area contributed by atoms with Crippen molar-refractivity contribution in [3.8, 4) is 0 Å². The van der Waals surface area contributed by atoms with E-state index in [0.29, 0.717) is 11.5 Å². The summed E-state index contributed by atoms with van der Waals surface area (Å²) in [5.41, 5.74) is 0.442. The quantitative estimate of drug-likeness (QED) is 0.638. The smallest absolute Gasteiger partial charge is 0.00746 e. The van der Waals surface area contributed by atoms with Crippen LogP contribution in [0.15, 0.2) is 0 Å². The summed E-state index contributed by atoms with van der Waals surface area (Å²) in [6, 6.07) is 0.713. The maximum Gasteiger partial charge on any atom is 0.00746 e. The molecule has 0 amide bonds. The second kappa shape index (κ2) is 8.11. The van der Waals surface area contributed by atoms with Crippen molar-refractivity contribution in [3.63, 3.8) is 0 Å². The molecule has 0 aromatic rings. The fraction of sp³-hybridized carbons (Fsp3) is 1.00. The van der Waals surface area contributed by atoms with Gasteiger partial charge in [0.2, 0.25) is 0 Å². The van der Waals surface area contributed by atoms with Crippen LogP contribution in [-0.4, -0.2) is 12.6 Å². The van der Waals surface area contributed by atoms with Crippen LogP contribution in [0.2, 0.25) is 0 Å². The van der Waals surface area contributed by atoms with Crippen LogP contribution in [0.1, 0.15) is 73.6 Å². The van der Waals surface area contributed by atoms with E-state index in [2.05, 4.69) is 46.9 Å². The number of hydrogen-bond donors (Lipinski definition) is 1. The average molecular weight is 227 g/mol.